The van der Waals surface area contributed by atoms with E-state index in [4.69, 9.17) is 4.42 Å². The number of rotatable bonds is 2. The molecule has 4 nitrogen and oxygen atoms in total. The molecule has 1 saturated heterocycles. The Morgan fingerprint density at radius 1 is 1.44 bits per heavy atom. The molecule has 2 rings (SSSR count). The lowest BCUT2D eigenvalue weighted by Gasteiger charge is -2.35. The molecule has 0 saturated carbocycles. The Balaban J connectivity index is 2.12. The lowest BCUT2D eigenvalue weighted by atomic mass is 10.0. The SMILES string of the molecule is Cc1coc(C(=O)N2CCCC(N(C)C)C2)c1C. The molecule has 0 aliphatic carbocycles. The quantitative estimate of drug-likeness (QED) is 0.806. The molecule has 0 aromatic carbocycles. The van der Waals surface area contributed by atoms with Crippen molar-refractivity contribution < 1.29 is 9.21 Å². The monoisotopic (exact) mass is 250 g/mol. The molecular weight excluding hydrogens is 228 g/mol. The zero-order chi connectivity index (χ0) is 13.3. The van der Waals surface area contributed by atoms with Crippen LogP contribution in [0.15, 0.2) is 10.7 Å². The van der Waals surface area contributed by atoms with Gasteiger partial charge in [-0.25, -0.2) is 0 Å². The van der Waals surface area contributed by atoms with Crippen LogP contribution in [0.5, 0.6) is 0 Å². The Labute approximate surface area is 109 Å². The van der Waals surface area contributed by atoms with E-state index < -0.39 is 0 Å². The minimum absolute atomic E-state index is 0.0344. The standard InChI is InChI=1S/C14H22N2O2/c1-10-9-18-13(11(10)2)14(17)16-7-5-6-12(8-16)15(3)4/h9,12H,5-8H2,1-4H3. The molecule has 0 N–H and O–H groups in total. The number of carbonyl (C=O) groups excluding carboxylic acids is 1. The summed E-state index contributed by atoms with van der Waals surface area (Å²) >= 11 is 0. The third-order valence-electron chi connectivity index (χ3n) is 3.89. The molecule has 4 heteroatoms. The maximum absolute atomic E-state index is 12.4. The smallest absolute Gasteiger partial charge is 0.289 e. The average molecular weight is 250 g/mol. The summed E-state index contributed by atoms with van der Waals surface area (Å²) in [6, 6.07) is 0.457. The third kappa shape index (κ3) is 2.43. The Morgan fingerprint density at radius 2 is 2.17 bits per heavy atom. The Hall–Kier alpha value is -1.29. The van der Waals surface area contributed by atoms with Gasteiger partial charge in [-0.05, 0) is 46.3 Å². The molecule has 2 heterocycles. The lowest BCUT2D eigenvalue weighted by molar-refractivity contribution is 0.0603. The predicted octanol–water partition coefficient (Wildman–Crippen LogP) is 2.06. The summed E-state index contributed by atoms with van der Waals surface area (Å²) < 4.78 is 5.40. The van der Waals surface area contributed by atoms with Crippen molar-refractivity contribution in [1.82, 2.24) is 9.80 Å². The maximum Gasteiger partial charge on any atom is 0.289 e. The van der Waals surface area contributed by atoms with E-state index in [9.17, 15) is 4.79 Å². The van der Waals surface area contributed by atoms with Crippen molar-refractivity contribution in [3.05, 3.63) is 23.2 Å². The van der Waals surface area contributed by atoms with Gasteiger partial charge in [-0.2, -0.15) is 0 Å². The molecule has 1 atom stereocenters. The van der Waals surface area contributed by atoms with Crippen LogP contribution in [0.3, 0.4) is 0 Å². The van der Waals surface area contributed by atoms with Crippen molar-refractivity contribution in [2.24, 2.45) is 0 Å². The maximum atomic E-state index is 12.4. The van der Waals surface area contributed by atoms with Gasteiger partial charge < -0.3 is 14.2 Å². The first-order chi connectivity index (χ1) is 8.50. The largest absolute Gasteiger partial charge is 0.459 e. The molecule has 0 bridgehead atoms. The van der Waals surface area contributed by atoms with Crippen molar-refractivity contribution in [3.8, 4) is 0 Å². The zero-order valence-electron chi connectivity index (χ0n) is 11.7. The second-order valence-electron chi connectivity index (χ2n) is 5.38. The summed E-state index contributed by atoms with van der Waals surface area (Å²) in [5.74, 6) is 0.541. The summed E-state index contributed by atoms with van der Waals surface area (Å²) in [7, 11) is 4.14. The fourth-order valence-electron chi connectivity index (χ4n) is 2.42. The van der Waals surface area contributed by atoms with Crippen molar-refractivity contribution >= 4 is 5.91 Å². The molecular formula is C14H22N2O2. The van der Waals surface area contributed by atoms with E-state index in [1.807, 2.05) is 18.7 Å². The number of carbonyl (C=O) groups is 1. The van der Waals surface area contributed by atoms with Gasteiger partial charge in [0.1, 0.15) is 0 Å². The number of likely N-dealkylation sites (tertiary alicyclic amines) is 1. The van der Waals surface area contributed by atoms with Crippen molar-refractivity contribution in [2.45, 2.75) is 32.7 Å². The molecule has 0 radical (unpaired) electrons. The highest BCUT2D eigenvalue weighted by Crippen LogP contribution is 2.20. The number of furan rings is 1. The molecule has 1 aliphatic rings. The summed E-state index contributed by atoms with van der Waals surface area (Å²) in [4.78, 5) is 16.5. The van der Waals surface area contributed by atoms with E-state index >= 15 is 0 Å². The highest BCUT2D eigenvalue weighted by Gasteiger charge is 2.28. The Morgan fingerprint density at radius 3 is 2.72 bits per heavy atom. The fourth-order valence-corrected chi connectivity index (χ4v) is 2.42. The summed E-state index contributed by atoms with van der Waals surface area (Å²) in [5, 5.41) is 0. The van der Waals surface area contributed by atoms with Crippen LogP contribution in [0.2, 0.25) is 0 Å². The Bertz CT molecular complexity index is 437. The van der Waals surface area contributed by atoms with E-state index in [2.05, 4.69) is 19.0 Å². The predicted molar refractivity (Wildman–Crippen MR) is 70.8 cm³/mol. The van der Waals surface area contributed by atoms with E-state index in [-0.39, 0.29) is 5.91 Å². The number of nitrogens with zero attached hydrogens (tertiary/aromatic N) is 2. The van der Waals surface area contributed by atoms with Gasteiger partial charge in [-0.15, -0.1) is 0 Å². The van der Waals surface area contributed by atoms with Crippen molar-refractivity contribution in [2.75, 3.05) is 27.2 Å². The van der Waals surface area contributed by atoms with Gasteiger partial charge in [-0.3, -0.25) is 4.79 Å². The van der Waals surface area contributed by atoms with Crippen molar-refractivity contribution in [3.63, 3.8) is 0 Å². The minimum atomic E-state index is 0.0344. The molecule has 1 fully saturated rings. The van der Waals surface area contributed by atoms with Crippen LogP contribution in [0.25, 0.3) is 0 Å². The van der Waals surface area contributed by atoms with E-state index in [0.717, 1.165) is 37.1 Å². The first kappa shape index (κ1) is 13.1. The summed E-state index contributed by atoms with van der Waals surface area (Å²) in [6.45, 7) is 5.54. The van der Waals surface area contributed by atoms with Gasteiger partial charge in [0.15, 0.2) is 5.76 Å². The van der Waals surface area contributed by atoms with Crippen LogP contribution >= 0.6 is 0 Å². The van der Waals surface area contributed by atoms with Gasteiger partial charge in [0.2, 0.25) is 0 Å². The lowest BCUT2D eigenvalue weighted by Crippen LogP contribution is -2.47. The zero-order valence-corrected chi connectivity index (χ0v) is 11.7. The topological polar surface area (TPSA) is 36.7 Å². The first-order valence-electron chi connectivity index (χ1n) is 6.51. The van der Waals surface area contributed by atoms with Gasteiger partial charge >= 0.3 is 0 Å². The third-order valence-corrected chi connectivity index (χ3v) is 3.89. The van der Waals surface area contributed by atoms with Gasteiger partial charge in [0.05, 0.1) is 6.26 Å². The van der Waals surface area contributed by atoms with Crippen LogP contribution in [0.1, 0.15) is 34.5 Å². The van der Waals surface area contributed by atoms with Crippen LogP contribution in [0.4, 0.5) is 0 Å². The molecule has 1 aliphatic heterocycles. The highest BCUT2D eigenvalue weighted by atomic mass is 16.3. The average Bonchev–Trinajstić information content (AvgIpc) is 2.69. The number of aryl methyl sites for hydroxylation is 1. The second-order valence-corrected chi connectivity index (χ2v) is 5.38. The number of piperidine rings is 1. The molecule has 1 aromatic heterocycles. The van der Waals surface area contributed by atoms with Gasteiger partial charge in [-0.1, -0.05) is 0 Å². The van der Waals surface area contributed by atoms with Crippen molar-refractivity contribution in [1.29, 1.82) is 0 Å². The molecule has 18 heavy (non-hydrogen) atoms. The molecule has 0 spiro atoms. The van der Waals surface area contributed by atoms with Crippen LogP contribution in [0, 0.1) is 13.8 Å². The highest BCUT2D eigenvalue weighted by molar-refractivity contribution is 5.93. The number of hydrogen-bond acceptors (Lipinski definition) is 3. The Kier molecular flexibility index (Phi) is 3.76. The molecule has 1 unspecified atom stereocenters. The minimum Gasteiger partial charge on any atom is -0.459 e. The first-order valence-corrected chi connectivity index (χ1v) is 6.51. The van der Waals surface area contributed by atoms with Gasteiger partial charge in [0.25, 0.3) is 5.91 Å². The summed E-state index contributed by atoms with van der Waals surface area (Å²) in [5.41, 5.74) is 2.01. The fraction of sp³-hybridized carbons (Fsp3) is 0.643. The normalized spacial score (nSPS) is 20.5. The number of amides is 1. The van der Waals surface area contributed by atoms with Gasteiger partial charge in [0, 0.05) is 24.7 Å². The van der Waals surface area contributed by atoms with Crippen LogP contribution < -0.4 is 0 Å². The summed E-state index contributed by atoms with van der Waals surface area (Å²) in [6.07, 6.45) is 3.89. The molecule has 1 amide bonds. The number of likely N-dealkylation sites (N-methyl/N-ethyl adjacent to an activating group) is 1. The van der Waals surface area contributed by atoms with Crippen LogP contribution in [-0.2, 0) is 0 Å². The van der Waals surface area contributed by atoms with E-state index in [1.165, 1.54) is 0 Å². The van der Waals surface area contributed by atoms with Crippen LogP contribution in [-0.4, -0.2) is 48.9 Å². The second kappa shape index (κ2) is 5.14. The number of hydrogen-bond donors (Lipinski definition) is 0. The molecule has 1 aromatic rings. The van der Waals surface area contributed by atoms with E-state index in [0.29, 0.717) is 11.8 Å². The van der Waals surface area contributed by atoms with E-state index in [1.54, 1.807) is 6.26 Å². The molecule has 100 valence electrons.